The highest BCUT2D eigenvalue weighted by molar-refractivity contribution is 7.87. The molecule has 0 saturated heterocycles. The fourth-order valence-electron chi connectivity index (χ4n) is 1.56. The molecule has 0 aliphatic rings. The van der Waals surface area contributed by atoms with Gasteiger partial charge in [-0.1, -0.05) is 12.8 Å². The topological polar surface area (TPSA) is 54.4 Å². The lowest BCUT2D eigenvalue weighted by Crippen LogP contribution is -2.57. The maximum atomic E-state index is 13.1. The molecule has 0 bridgehead atoms. The van der Waals surface area contributed by atoms with Crippen molar-refractivity contribution in [2.75, 3.05) is 0 Å². The molecule has 0 aromatic heterocycles. The summed E-state index contributed by atoms with van der Waals surface area (Å²) in [6, 6.07) is 0. The first-order valence-electron chi connectivity index (χ1n) is 6.13. The number of hydrogen-bond acceptors (Lipinski definition) is 2. The Bertz CT molecular complexity index is 484. The molecule has 0 atom stereocenters. The van der Waals surface area contributed by atoms with Gasteiger partial charge < -0.3 is 0 Å². The van der Waals surface area contributed by atoms with E-state index in [9.17, 15) is 47.9 Å². The molecular weight excluding hydrogens is 371 g/mol. The van der Waals surface area contributed by atoms with E-state index in [1.807, 2.05) is 0 Å². The minimum absolute atomic E-state index is 0.254. The molecule has 1 N–H and O–H groups in total. The molecule has 0 radical (unpaired) electrons. The van der Waals surface area contributed by atoms with Gasteiger partial charge in [-0.2, -0.15) is 47.9 Å². The van der Waals surface area contributed by atoms with Gasteiger partial charge >= 0.3 is 33.4 Å². The Hall–Kier alpha value is -0.720. The van der Waals surface area contributed by atoms with Crippen LogP contribution in [0.25, 0.3) is 0 Å². The summed E-state index contributed by atoms with van der Waals surface area (Å²) in [5, 5.41) is -6.40. The maximum Gasteiger partial charge on any atom is 0.437 e. The fourth-order valence-corrected chi connectivity index (χ4v) is 2.03. The summed E-state index contributed by atoms with van der Waals surface area (Å²) >= 11 is 0. The molecule has 0 saturated carbocycles. The molecule has 140 valence electrons. The second-order valence-electron chi connectivity index (χ2n) is 4.80. The molecule has 0 aliphatic carbocycles. The van der Waals surface area contributed by atoms with Crippen LogP contribution in [0.4, 0.5) is 39.5 Å². The van der Waals surface area contributed by atoms with Gasteiger partial charge in [-0.15, -0.1) is 0 Å². The van der Waals surface area contributed by atoms with Crippen molar-refractivity contribution >= 4 is 10.1 Å². The Labute approximate surface area is 125 Å². The van der Waals surface area contributed by atoms with Crippen molar-refractivity contribution in [2.24, 2.45) is 0 Å². The van der Waals surface area contributed by atoms with Crippen LogP contribution in [0.15, 0.2) is 0 Å². The summed E-state index contributed by atoms with van der Waals surface area (Å²) in [5.41, 5.74) is 0. The van der Waals surface area contributed by atoms with Crippen molar-refractivity contribution in [2.45, 2.75) is 61.8 Å². The fraction of sp³-hybridized carbons (Fsp3) is 1.00. The van der Waals surface area contributed by atoms with Gasteiger partial charge in [0.15, 0.2) is 0 Å². The Balaban J connectivity index is 4.64. The molecule has 0 fully saturated rings. The minimum Gasteiger partial charge on any atom is -0.281 e. The minimum atomic E-state index is -6.79. The smallest absolute Gasteiger partial charge is 0.281 e. The van der Waals surface area contributed by atoms with Crippen molar-refractivity contribution in [3.8, 4) is 0 Å². The van der Waals surface area contributed by atoms with Crippen LogP contribution in [0.2, 0.25) is 0 Å². The van der Waals surface area contributed by atoms with E-state index >= 15 is 0 Å². The van der Waals surface area contributed by atoms with Crippen LogP contribution in [0.3, 0.4) is 0 Å². The van der Waals surface area contributed by atoms with Gasteiger partial charge in [-0.25, -0.2) is 0 Å². The van der Waals surface area contributed by atoms with Gasteiger partial charge in [-0.05, 0) is 12.8 Å². The van der Waals surface area contributed by atoms with Crippen LogP contribution in [-0.4, -0.2) is 36.2 Å². The maximum absolute atomic E-state index is 13.1. The third kappa shape index (κ3) is 5.69. The van der Waals surface area contributed by atoms with Crippen molar-refractivity contribution in [1.82, 2.24) is 0 Å². The van der Waals surface area contributed by atoms with Crippen LogP contribution in [0, 0.1) is 0 Å². The summed E-state index contributed by atoms with van der Waals surface area (Å²) in [5.74, 6) is -11.9. The van der Waals surface area contributed by atoms with Gasteiger partial charge in [-0.3, -0.25) is 4.55 Å². The molecule has 0 aromatic carbocycles. The van der Waals surface area contributed by atoms with E-state index < -0.39 is 59.1 Å². The van der Waals surface area contributed by atoms with Crippen LogP contribution < -0.4 is 0 Å². The Morgan fingerprint density at radius 3 is 1.43 bits per heavy atom. The number of hydrogen-bond donors (Lipinski definition) is 1. The highest BCUT2D eigenvalue weighted by atomic mass is 32.2. The van der Waals surface area contributed by atoms with Gasteiger partial charge in [0.1, 0.15) is 0 Å². The molecule has 0 amide bonds. The summed E-state index contributed by atoms with van der Waals surface area (Å²) in [6.07, 6.45) is -9.46. The number of halogens is 9. The van der Waals surface area contributed by atoms with Crippen LogP contribution in [0.1, 0.15) is 38.5 Å². The van der Waals surface area contributed by atoms with Crippen molar-refractivity contribution in [3.05, 3.63) is 0 Å². The van der Waals surface area contributed by atoms with E-state index in [1.54, 1.807) is 0 Å². The average molecular weight is 384 g/mol. The van der Waals surface area contributed by atoms with Gasteiger partial charge in [0.2, 0.25) is 0 Å². The molecule has 0 spiro atoms. The Morgan fingerprint density at radius 1 is 0.696 bits per heavy atom. The first-order chi connectivity index (χ1) is 9.96. The molecule has 23 heavy (non-hydrogen) atoms. The first kappa shape index (κ1) is 22.3. The second-order valence-corrected chi connectivity index (χ2v) is 6.26. The van der Waals surface area contributed by atoms with E-state index in [-0.39, 0.29) is 12.8 Å². The highest BCUT2D eigenvalue weighted by Gasteiger charge is 2.76. The lowest BCUT2D eigenvalue weighted by atomic mass is 10.0. The third-order valence-corrected chi connectivity index (χ3v) is 3.75. The lowest BCUT2D eigenvalue weighted by molar-refractivity contribution is -0.282. The van der Waals surface area contributed by atoms with E-state index in [4.69, 9.17) is 4.55 Å². The predicted molar refractivity (Wildman–Crippen MR) is 60.1 cm³/mol. The van der Waals surface area contributed by atoms with Crippen molar-refractivity contribution < 1.29 is 52.5 Å². The van der Waals surface area contributed by atoms with Crippen LogP contribution >= 0.6 is 0 Å². The zero-order valence-electron chi connectivity index (χ0n) is 11.3. The molecular formula is C10H13F9O3S. The van der Waals surface area contributed by atoms with E-state index in [0.29, 0.717) is 0 Å². The molecule has 0 aliphatic heterocycles. The summed E-state index contributed by atoms with van der Waals surface area (Å²) in [6.45, 7) is 0. The monoisotopic (exact) mass is 384 g/mol. The first-order valence-corrected chi connectivity index (χ1v) is 7.57. The van der Waals surface area contributed by atoms with Crippen molar-refractivity contribution in [3.63, 3.8) is 0 Å². The number of alkyl halides is 9. The highest BCUT2D eigenvalue weighted by Crippen LogP contribution is 2.50. The molecule has 3 nitrogen and oxygen atoms in total. The molecule has 0 aromatic rings. The number of rotatable bonds is 9. The summed E-state index contributed by atoms with van der Waals surface area (Å²) < 4.78 is 141. The van der Waals surface area contributed by atoms with E-state index in [2.05, 4.69) is 0 Å². The second kappa shape index (κ2) is 7.03. The lowest BCUT2D eigenvalue weighted by Gasteiger charge is -2.30. The van der Waals surface area contributed by atoms with Crippen LogP contribution in [-0.2, 0) is 10.1 Å². The largest absolute Gasteiger partial charge is 0.437 e. The van der Waals surface area contributed by atoms with E-state index in [1.165, 1.54) is 0 Å². The normalized spacial score (nSPS) is 15.0. The van der Waals surface area contributed by atoms with Gasteiger partial charge in [0.25, 0.3) is 0 Å². The van der Waals surface area contributed by atoms with Gasteiger partial charge in [0.05, 0.1) is 0 Å². The summed E-state index contributed by atoms with van der Waals surface area (Å²) in [7, 11) is -6.79. The van der Waals surface area contributed by atoms with Gasteiger partial charge in [0, 0.05) is 12.8 Å². The Morgan fingerprint density at radius 2 is 1.09 bits per heavy atom. The average Bonchev–Trinajstić information content (AvgIpc) is 2.30. The zero-order chi connectivity index (χ0) is 18.7. The zero-order valence-corrected chi connectivity index (χ0v) is 12.1. The standard InChI is InChI=1S/C10H13F9O3S/c11-7(12,5-3-1-2-4-6-8(13,14)15)9(16,17)10(18,19)23(20,21)22/h1-6H2,(H,20,21,22). The molecule has 0 rings (SSSR count). The van der Waals surface area contributed by atoms with Crippen LogP contribution in [0.5, 0.6) is 0 Å². The number of unbranched alkanes of at least 4 members (excludes halogenated alkanes) is 3. The predicted octanol–water partition coefficient (Wildman–Crippen LogP) is 4.64. The van der Waals surface area contributed by atoms with E-state index in [0.717, 1.165) is 0 Å². The molecule has 0 unspecified atom stereocenters. The van der Waals surface area contributed by atoms with Crippen molar-refractivity contribution in [1.29, 1.82) is 0 Å². The quantitative estimate of drug-likeness (QED) is 0.358. The molecule has 0 heterocycles. The third-order valence-electron chi connectivity index (χ3n) is 2.85. The molecule has 13 heteroatoms. The SMILES string of the molecule is O=S(=O)(O)C(F)(F)C(F)(F)C(F)(F)CCCCCCC(F)(F)F. The Kier molecular flexibility index (Phi) is 6.81. The summed E-state index contributed by atoms with van der Waals surface area (Å²) in [4.78, 5) is 0.